The van der Waals surface area contributed by atoms with Gasteiger partial charge >= 0.3 is 6.16 Å². The highest BCUT2D eigenvalue weighted by Gasteiger charge is 2.68. The number of β-lactam (4-membered cyclic amide) rings is 1. The fourth-order valence-electron chi connectivity index (χ4n) is 4.98. The predicted octanol–water partition coefficient (Wildman–Crippen LogP) is 3.53. The Morgan fingerprint density at radius 1 is 1.03 bits per heavy atom. The molecule has 0 aromatic heterocycles. The SMILES string of the molecule is COC(=O)Oc1ccc2c(c1)N1C(=O)C2C1(Nc1ccc(C(=O)NCCN(C)C)cc1)c1ccccc1. The third kappa shape index (κ3) is 4.17. The van der Waals surface area contributed by atoms with Gasteiger partial charge in [0.1, 0.15) is 11.7 Å². The zero-order valence-electron chi connectivity index (χ0n) is 20.9. The van der Waals surface area contributed by atoms with Crippen LogP contribution in [0.3, 0.4) is 0 Å². The van der Waals surface area contributed by atoms with Crippen molar-refractivity contribution in [1.29, 1.82) is 0 Å². The molecule has 2 atom stereocenters. The minimum Gasteiger partial charge on any atom is -0.437 e. The van der Waals surface area contributed by atoms with Crippen LogP contribution in [-0.4, -0.2) is 57.2 Å². The number of carbonyl (C=O) groups excluding carboxylic acids is 3. The highest BCUT2D eigenvalue weighted by Crippen LogP contribution is 2.62. The van der Waals surface area contributed by atoms with Crippen molar-refractivity contribution >= 4 is 29.3 Å². The van der Waals surface area contributed by atoms with Crippen LogP contribution in [0.5, 0.6) is 5.75 Å². The number of nitrogens with one attached hydrogen (secondary N) is 2. The smallest absolute Gasteiger partial charge is 0.437 e. The number of fused-ring (bicyclic) bond motifs is 5. The van der Waals surface area contributed by atoms with Crippen LogP contribution in [0.4, 0.5) is 16.2 Å². The second-order valence-corrected chi connectivity index (χ2v) is 9.28. The van der Waals surface area contributed by atoms with Crippen LogP contribution in [-0.2, 0) is 15.2 Å². The van der Waals surface area contributed by atoms with Gasteiger partial charge in [-0.15, -0.1) is 0 Å². The van der Waals surface area contributed by atoms with Crippen LogP contribution in [0.1, 0.15) is 27.4 Å². The van der Waals surface area contributed by atoms with Gasteiger partial charge in [0.2, 0.25) is 5.91 Å². The fraction of sp³-hybridized carbons (Fsp3) is 0.250. The van der Waals surface area contributed by atoms with E-state index in [4.69, 9.17) is 4.74 Å². The van der Waals surface area contributed by atoms with Gasteiger partial charge < -0.3 is 25.0 Å². The molecule has 2 aliphatic heterocycles. The Morgan fingerprint density at radius 3 is 2.43 bits per heavy atom. The van der Waals surface area contributed by atoms with E-state index in [2.05, 4.69) is 15.4 Å². The van der Waals surface area contributed by atoms with Crippen molar-refractivity contribution < 1.29 is 23.9 Å². The Balaban J connectivity index is 1.44. The molecule has 2 heterocycles. The molecule has 0 aliphatic carbocycles. The number of hydrogen-bond donors (Lipinski definition) is 2. The van der Waals surface area contributed by atoms with Crippen LogP contribution >= 0.6 is 0 Å². The number of amides is 2. The standard InChI is InChI=1S/C28H28N4O5/c1-31(2)16-15-29-25(33)18-9-11-20(12-10-18)30-28(19-7-5-4-6-8-19)24-22-14-13-21(37-27(35)36-3)17-23(22)32(28)26(24)34/h4-14,17,24,30H,15-16H2,1-3H3,(H,29,33). The van der Waals surface area contributed by atoms with Crippen molar-refractivity contribution in [2.24, 2.45) is 0 Å². The highest BCUT2D eigenvalue weighted by molar-refractivity contribution is 6.16. The molecule has 1 fully saturated rings. The second kappa shape index (κ2) is 9.59. The molecule has 0 radical (unpaired) electrons. The summed E-state index contributed by atoms with van der Waals surface area (Å²) in [5, 5.41) is 6.49. The first-order chi connectivity index (χ1) is 17.8. The van der Waals surface area contributed by atoms with Gasteiger partial charge in [0.15, 0.2) is 5.66 Å². The minimum atomic E-state index is -0.861. The number of hydrogen-bond acceptors (Lipinski definition) is 7. The van der Waals surface area contributed by atoms with E-state index in [9.17, 15) is 14.4 Å². The Bertz CT molecular complexity index is 1340. The van der Waals surface area contributed by atoms with E-state index in [1.54, 1.807) is 29.2 Å². The summed E-state index contributed by atoms with van der Waals surface area (Å²) in [5.74, 6) is -0.360. The quantitative estimate of drug-likeness (QED) is 0.277. The molecule has 2 N–H and O–H groups in total. The first-order valence-corrected chi connectivity index (χ1v) is 12.0. The van der Waals surface area contributed by atoms with E-state index in [0.29, 0.717) is 17.8 Å². The first-order valence-electron chi connectivity index (χ1n) is 12.0. The van der Waals surface area contributed by atoms with Crippen molar-refractivity contribution in [2.45, 2.75) is 11.6 Å². The Kier molecular flexibility index (Phi) is 6.31. The normalized spacial score (nSPS) is 19.2. The monoisotopic (exact) mass is 500 g/mol. The van der Waals surface area contributed by atoms with Crippen LogP contribution in [0, 0.1) is 0 Å². The van der Waals surface area contributed by atoms with Crippen molar-refractivity contribution in [1.82, 2.24) is 10.2 Å². The van der Waals surface area contributed by atoms with Crippen LogP contribution in [0.25, 0.3) is 0 Å². The summed E-state index contributed by atoms with van der Waals surface area (Å²) in [4.78, 5) is 41.1. The van der Waals surface area contributed by atoms with E-state index < -0.39 is 17.7 Å². The number of carbonyl (C=O) groups is 3. The number of anilines is 2. The fourth-order valence-corrected chi connectivity index (χ4v) is 4.98. The molecule has 5 rings (SSSR count). The second-order valence-electron chi connectivity index (χ2n) is 9.28. The summed E-state index contributed by atoms with van der Waals surface area (Å²) < 4.78 is 9.79. The van der Waals surface area contributed by atoms with Crippen LogP contribution in [0.2, 0.25) is 0 Å². The maximum atomic E-state index is 13.2. The molecular formula is C28H28N4O5. The third-order valence-electron chi connectivity index (χ3n) is 6.70. The lowest BCUT2D eigenvalue weighted by Gasteiger charge is -2.52. The van der Waals surface area contributed by atoms with Crippen LogP contribution < -0.4 is 20.3 Å². The Morgan fingerprint density at radius 2 is 1.76 bits per heavy atom. The predicted molar refractivity (Wildman–Crippen MR) is 139 cm³/mol. The summed E-state index contributed by atoms with van der Waals surface area (Å²) in [6, 6.07) is 22.1. The van der Waals surface area contributed by atoms with Gasteiger partial charge in [-0.05, 0) is 55.6 Å². The van der Waals surface area contributed by atoms with Crippen molar-refractivity contribution in [3.8, 4) is 5.75 Å². The van der Waals surface area contributed by atoms with E-state index >= 15 is 0 Å². The van der Waals surface area contributed by atoms with Gasteiger partial charge in [-0.3, -0.25) is 14.5 Å². The molecule has 190 valence electrons. The average molecular weight is 501 g/mol. The topological polar surface area (TPSA) is 100 Å². The van der Waals surface area contributed by atoms with Gasteiger partial charge in [0.25, 0.3) is 5.91 Å². The number of ether oxygens (including phenoxy) is 2. The van der Waals surface area contributed by atoms with Gasteiger partial charge in [-0.25, -0.2) is 4.79 Å². The van der Waals surface area contributed by atoms with Gasteiger partial charge in [-0.1, -0.05) is 36.4 Å². The molecule has 2 amide bonds. The maximum Gasteiger partial charge on any atom is 0.513 e. The molecule has 3 aromatic rings. The lowest BCUT2D eigenvalue weighted by Crippen LogP contribution is -2.67. The molecule has 9 heteroatoms. The first kappa shape index (κ1) is 24.3. The number of methoxy groups -OCH3 is 1. The van der Waals surface area contributed by atoms with Gasteiger partial charge in [0, 0.05) is 30.4 Å². The summed E-state index contributed by atoms with van der Waals surface area (Å²) in [7, 11) is 5.15. The number of likely N-dealkylation sites (N-methyl/N-ethyl adjacent to an activating group) is 1. The van der Waals surface area contributed by atoms with Gasteiger partial charge in [0.05, 0.1) is 12.8 Å². The highest BCUT2D eigenvalue weighted by atomic mass is 16.7. The van der Waals surface area contributed by atoms with Crippen molar-refractivity contribution in [2.75, 3.05) is 44.5 Å². The van der Waals surface area contributed by atoms with E-state index in [1.807, 2.05) is 67.5 Å². The largest absolute Gasteiger partial charge is 0.513 e. The average Bonchev–Trinajstić information content (AvgIpc) is 3.37. The molecule has 0 saturated carbocycles. The third-order valence-corrected chi connectivity index (χ3v) is 6.70. The lowest BCUT2D eigenvalue weighted by atomic mass is 9.76. The van der Waals surface area contributed by atoms with E-state index in [1.165, 1.54) is 7.11 Å². The number of benzene rings is 3. The summed E-state index contributed by atoms with van der Waals surface area (Å²) in [6.07, 6.45) is -0.829. The molecular weight excluding hydrogens is 472 g/mol. The molecule has 2 unspecified atom stereocenters. The molecule has 1 saturated heterocycles. The minimum absolute atomic E-state index is 0.0431. The molecule has 0 spiro atoms. The maximum absolute atomic E-state index is 13.2. The van der Waals surface area contributed by atoms with E-state index in [0.717, 1.165) is 23.4 Å². The summed E-state index contributed by atoms with van der Waals surface area (Å²) >= 11 is 0. The Hall–Kier alpha value is -4.37. The molecule has 2 aliphatic rings. The summed E-state index contributed by atoms with van der Waals surface area (Å²) in [6.45, 7) is 1.31. The Labute approximate surface area is 215 Å². The number of nitrogens with zero attached hydrogens (tertiary/aromatic N) is 2. The summed E-state index contributed by atoms with van der Waals surface area (Å²) in [5.41, 5.74) is 2.88. The van der Waals surface area contributed by atoms with Crippen LogP contribution in [0.15, 0.2) is 72.8 Å². The van der Waals surface area contributed by atoms with Crippen molar-refractivity contribution in [3.05, 3.63) is 89.5 Å². The van der Waals surface area contributed by atoms with Crippen molar-refractivity contribution in [3.63, 3.8) is 0 Å². The van der Waals surface area contributed by atoms with Gasteiger partial charge in [-0.2, -0.15) is 0 Å². The molecule has 37 heavy (non-hydrogen) atoms. The number of rotatable bonds is 8. The lowest BCUT2D eigenvalue weighted by molar-refractivity contribution is -0.128. The zero-order chi connectivity index (χ0) is 26.2. The zero-order valence-corrected chi connectivity index (χ0v) is 20.9. The molecule has 3 aromatic carbocycles. The molecule has 2 bridgehead atoms. The molecule has 9 nitrogen and oxygen atoms in total. The van der Waals surface area contributed by atoms with E-state index in [-0.39, 0.29) is 17.6 Å².